The van der Waals surface area contributed by atoms with Gasteiger partial charge < -0.3 is 28.8 Å². The highest BCUT2D eigenvalue weighted by Gasteiger charge is 2.23. The molecule has 0 radical (unpaired) electrons. The summed E-state index contributed by atoms with van der Waals surface area (Å²) in [5, 5.41) is 13.9. The first-order valence-corrected chi connectivity index (χ1v) is 36.1. The number of phosphoric acid groups is 1. The normalized spacial score (nSPS) is 14.0. The van der Waals surface area contributed by atoms with Crippen LogP contribution in [0.4, 0.5) is 0 Å². The second kappa shape index (κ2) is 61.8. The van der Waals surface area contributed by atoms with Crippen LogP contribution in [0.25, 0.3) is 0 Å². The quantitative estimate of drug-likeness (QED) is 0.0272. The number of hydrogen-bond acceptors (Lipinski definition) is 6. The van der Waals surface area contributed by atoms with Crippen molar-refractivity contribution < 1.29 is 32.9 Å². The van der Waals surface area contributed by atoms with E-state index in [0.717, 1.165) is 64.2 Å². The first kappa shape index (κ1) is 78.2. The molecule has 0 aromatic heterocycles. The Kier molecular flexibility index (Phi) is 60.4. The molecule has 80 heavy (non-hydrogen) atoms. The predicted octanol–water partition coefficient (Wildman–Crippen LogP) is 21.4. The fourth-order valence-electron chi connectivity index (χ4n) is 10.4. The molecule has 0 saturated carbocycles. The molecule has 2 N–H and O–H groups in total. The third-order valence-electron chi connectivity index (χ3n) is 15.7. The molecular weight excluding hydrogens is 1010 g/mol. The number of carbonyl (C=O) groups excluding carboxylic acids is 1. The van der Waals surface area contributed by atoms with Gasteiger partial charge in [0.1, 0.15) is 13.2 Å². The first-order chi connectivity index (χ1) is 39.0. The molecule has 8 nitrogen and oxygen atoms in total. The molecule has 0 aromatic rings. The lowest BCUT2D eigenvalue weighted by Gasteiger charge is -2.29. The SMILES string of the molecule is CC/C=C\C/C=C\C/C=C\C/C=C\CCCCCCCCCCCCCCCCCCCCCCCCCCCCCCC(=O)NC(COP(=O)([O-])OCC[N+](C)(C)C)C(O)/C=C/CCCCCCCCCCCCCCCCC. The van der Waals surface area contributed by atoms with Crippen molar-refractivity contribution in [1.29, 1.82) is 0 Å². The van der Waals surface area contributed by atoms with Gasteiger partial charge in [-0.25, -0.2) is 0 Å². The van der Waals surface area contributed by atoms with Crippen molar-refractivity contribution in [2.45, 2.75) is 347 Å². The third-order valence-corrected chi connectivity index (χ3v) is 16.7. The monoisotopic (exact) mass is 1140 g/mol. The number of unbranched alkanes of at least 4 members (excludes halogenated alkanes) is 43. The first-order valence-electron chi connectivity index (χ1n) is 34.7. The fraction of sp³-hybridized carbons (Fsp3) is 0.845. The van der Waals surface area contributed by atoms with Crippen LogP contribution in [0.1, 0.15) is 335 Å². The van der Waals surface area contributed by atoms with E-state index >= 15 is 0 Å². The number of aliphatic hydroxyl groups excluding tert-OH is 1. The minimum Gasteiger partial charge on any atom is -0.756 e. The van der Waals surface area contributed by atoms with Gasteiger partial charge in [0.05, 0.1) is 39.9 Å². The Morgan fingerprint density at radius 2 is 0.762 bits per heavy atom. The van der Waals surface area contributed by atoms with Crippen LogP contribution in [0.5, 0.6) is 0 Å². The summed E-state index contributed by atoms with van der Waals surface area (Å²) >= 11 is 0. The Hall–Kier alpha value is -1.80. The van der Waals surface area contributed by atoms with Crippen LogP contribution in [0.3, 0.4) is 0 Å². The molecule has 3 unspecified atom stereocenters. The van der Waals surface area contributed by atoms with Crippen molar-refractivity contribution in [2.24, 2.45) is 0 Å². The molecule has 3 atom stereocenters. The lowest BCUT2D eigenvalue weighted by atomic mass is 10.0. The maximum absolute atomic E-state index is 13.0. The maximum atomic E-state index is 13.0. The van der Waals surface area contributed by atoms with Crippen molar-refractivity contribution in [2.75, 3.05) is 40.9 Å². The molecule has 0 saturated heterocycles. The Bertz CT molecular complexity index is 1490. The Morgan fingerprint density at radius 1 is 0.450 bits per heavy atom. The molecule has 0 aromatic carbocycles. The van der Waals surface area contributed by atoms with E-state index in [4.69, 9.17) is 9.05 Å². The smallest absolute Gasteiger partial charge is 0.268 e. The van der Waals surface area contributed by atoms with Gasteiger partial charge in [-0.05, 0) is 57.8 Å². The summed E-state index contributed by atoms with van der Waals surface area (Å²) in [7, 11) is 1.27. The van der Waals surface area contributed by atoms with Crippen molar-refractivity contribution in [3.05, 3.63) is 60.8 Å². The van der Waals surface area contributed by atoms with Gasteiger partial charge in [-0.2, -0.15) is 0 Å². The van der Waals surface area contributed by atoms with E-state index < -0.39 is 20.0 Å². The molecule has 9 heteroatoms. The minimum absolute atomic E-state index is 0.000695. The van der Waals surface area contributed by atoms with E-state index in [1.54, 1.807) is 6.08 Å². The van der Waals surface area contributed by atoms with Crippen LogP contribution in [0.2, 0.25) is 0 Å². The number of quaternary nitrogens is 1. The number of rotatable bonds is 64. The Morgan fingerprint density at radius 3 is 1.11 bits per heavy atom. The number of nitrogens with one attached hydrogen (secondary N) is 1. The molecule has 0 heterocycles. The highest BCUT2D eigenvalue weighted by atomic mass is 31.2. The topological polar surface area (TPSA) is 108 Å². The van der Waals surface area contributed by atoms with Gasteiger partial charge in [0.2, 0.25) is 5.91 Å². The largest absolute Gasteiger partial charge is 0.756 e. The molecule has 0 bridgehead atoms. The van der Waals surface area contributed by atoms with E-state index in [9.17, 15) is 19.4 Å². The zero-order chi connectivity index (χ0) is 58.4. The highest BCUT2D eigenvalue weighted by Crippen LogP contribution is 2.38. The van der Waals surface area contributed by atoms with Crippen LogP contribution in [0, 0.1) is 0 Å². The van der Waals surface area contributed by atoms with Gasteiger partial charge in [0.25, 0.3) is 7.82 Å². The molecule has 0 rings (SSSR count). The van der Waals surface area contributed by atoms with Crippen LogP contribution >= 0.6 is 7.82 Å². The lowest BCUT2D eigenvalue weighted by Crippen LogP contribution is -2.45. The third kappa shape index (κ3) is 63.8. The lowest BCUT2D eigenvalue weighted by molar-refractivity contribution is -0.870. The second-order valence-electron chi connectivity index (χ2n) is 24.9. The average molecular weight is 1140 g/mol. The van der Waals surface area contributed by atoms with Gasteiger partial charge in [-0.1, -0.05) is 331 Å². The van der Waals surface area contributed by atoms with Crippen LogP contribution in [0.15, 0.2) is 60.8 Å². The zero-order valence-corrected chi connectivity index (χ0v) is 54.7. The Labute approximate surface area is 498 Å². The number of nitrogens with zero attached hydrogens (tertiary/aromatic N) is 1. The number of phosphoric ester groups is 1. The van der Waals surface area contributed by atoms with Crippen molar-refractivity contribution in [3.8, 4) is 0 Å². The second-order valence-corrected chi connectivity index (χ2v) is 26.3. The zero-order valence-electron chi connectivity index (χ0n) is 53.8. The molecule has 0 aliphatic rings. The average Bonchev–Trinajstić information content (AvgIpc) is 3.42. The van der Waals surface area contributed by atoms with Crippen LogP contribution in [-0.2, 0) is 18.4 Å². The number of likely N-dealkylation sites (N-methyl/N-ethyl adjacent to an activating group) is 1. The summed E-state index contributed by atoms with van der Waals surface area (Å²) < 4.78 is 23.4. The van der Waals surface area contributed by atoms with Gasteiger partial charge in [0.15, 0.2) is 0 Å². The molecule has 0 aliphatic carbocycles. The molecule has 0 fully saturated rings. The van der Waals surface area contributed by atoms with Gasteiger partial charge in [-0.15, -0.1) is 0 Å². The van der Waals surface area contributed by atoms with E-state index in [1.807, 2.05) is 27.2 Å². The molecule has 470 valence electrons. The summed E-state index contributed by atoms with van der Waals surface area (Å²) in [6.07, 6.45) is 85.0. The number of allylic oxidation sites excluding steroid dienone is 9. The van der Waals surface area contributed by atoms with Crippen LogP contribution in [-0.4, -0.2) is 68.5 Å². The molecular formula is C71H135N2O6P. The van der Waals surface area contributed by atoms with Crippen molar-refractivity contribution >= 4 is 13.7 Å². The summed E-state index contributed by atoms with van der Waals surface area (Å²) in [6, 6.07) is -0.885. The maximum Gasteiger partial charge on any atom is 0.268 e. The number of hydrogen-bond donors (Lipinski definition) is 2. The predicted molar refractivity (Wildman–Crippen MR) is 348 cm³/mol. The summed E-state index contributed by atoms with van der Waals surface area (Å²) in [5.41, 5.74) is 0. The summed E-state index contributed by atoms with van der Waals surface area (Å²) in [5.74, 6) is -0.191. The molecule has 0 spiro atoms. The van der Waals surface area contributed by atoms with Gasteiger partial charge in [-0.3, -0.25) is 9.36 Å². The van der Waals surface area contributed by atoms with E-state index in [1.165, 1.54) is 250 Å². The summed E-state index contributed by atoms with van der Waals surface area (Å²) in [6.45, 7) is 4.58. The van der Waals surface area contributed by atoms with E-state index in [2.05, 4.69) is 67.8 Å². The number of aliphatic hydroxyl groups is 1. The summed E-state index contributed by atoms with van der Waals surface area (Å²) in [4.78, 5) is 25.6. The highest BCUT2D eigenvalue weighted by molar-refractivity contribution is 7.45. The number of amides is 1. The van der Waals surface area contributed by atoms with Crippen molar-refractivity contribution in [1.82, 2.24) is 5.32 Å². The number of carbonyl (C=O) groups is 1. The minimum atomic E-state index is -4.60. The molecule has 1 amide bonds. The van der Waals surface area contributed by atoms with Gasteiger partial charge >= 0.3 is 0 Å². The Balaban J connectivity index is 3.88. The van der Waals surface area contributed by atoms with Gasteiger partial charge in [0, 0.05) is 6.42 Å². The van der Waals surface area contributed by atoms with E-state index in [-0.39, 0.29) is 19.1 Å². The fourth-order valence-corrected chi connectivity index (χ4v) is 11.1. The van der Waals surface area contributed by atoms with Crippen LogP contribution < -0.4 is 10.2 Å². The van der Waals surface area contributed by atoms with E-state index in [0.29, 0.717) is 17.4 Å². The molecule has 0 aliphatic heterocycles. The van der Waals surface area contributed by atoms with Crippen molar-refractivity contribution in [3.63, 3.8) is 0 Å². The standard InChI is InChI=1S/C71H135N2O6P/c1-6-8-10-12-14-16-18-20-22-24-25-26-27-28-29-30-31-32-33-34-35-36-37-38-39-40-41-42-43-44-45-46-47-49-51-53-55-57-59-61-63-65-71(75)72-69(68-79-80(76,77)78-67-66-73(3,4)5)70(74)64-62-60-58-56-54-52-50-48-23-21-19-17-15-13-11-9-7-2/h8,10,14,16,20,22,25-26,62,64,69-70,74H,6-7,9,11-13,15,17-19,21,23-24,27-61,63,65-68H2,1-5H3,(H-,72,75,76,77)/b10-8-,16-14-,22-20-,26-25-,64-62+.